The second-order valence-corrected chi connectivity index (χ2v) is 23.4. The van der Waals surface area contributed by atoms with Gasteiger partial charge in [-0.3, -0.25) is 14.2 Å². The molecule has 2 fully saturated rings. The molecule has 15 nitrogen and oxygen atoms in total. The second-order valence-electron chi connectivity index (χ2n) is 18.6. The summed E-state index contributed by atoms with van der Waals surface area (Å²) in [6.07, 6.45) is -9.76. The van der Waals surface area contributed by atoms with Crippen molar-refractivity contribution < 1.29 is 70.3 Å². The Morgan fingerprint density at radius 1 is 0.918 bits per heavy atom. The average molecular weight is 1090 g/mol. The lowest BCUT2D eigenvalue weighted by atomic mass is 9.93. The van der Waals surface area contributed by atoms with Crippen LogP contribution in [-0.4, -0.2) is 120 Å². The zero-order valence-corrected chi connectivity index (χ0v) is 41.3. The number of aromatic nitrogens is 5. The third kappa shape index (κ3) is 10.6. The molecule has 3 aromatic heterocycles. The number of likely N-dealkylation sites (N-methyl/N-ethyl adjacent to an activating group) is 1. The molecule has 392 valence electrons. The molecule has 1 saturated carbocycles. The second kappa shape index (κ2) is 18.4. The van der Waals surface area contributed by atoms with Crippen molar-refractivity contribution >= 4 is 60.1 Å². The Balaban J connectivity index is 1.36. The highest BCUT2D eigenvalue weighted by molar-refractivity contribution is 7.93. The number of sulfone groups is 1. The molecule has 3 aliphatic rings. The van der Waals surface area contributed by atoms with Crippen LogP contribution in [0.15, 0.2) is 42.5 Å². The van der Waals surface area contributed by atoms with Gasteiger partial charge in [0, 0.05) is 61.1 Å². The first-order valence-electron chi connectivity index (χ1n) is 21.9. The van der Waals surface area contributed by atoms with Gasteiger partial charge < -0.3 is 15.1 Å². The van der Waals surface area contributed by atoms with Crippen molar-refractivity contribution in [1.29, 1.82) is 0 Å². The Morgan fingerprint density at radius 2 is 1.55 bits per heavy atom. The highest BCUT2D eigenvalue weighted by Gasteiger charge is 2.68. The molecule has 0 spiro atoms. The Hall–Kier alpha value is -5.98. The third-order valence-electron chi connectivity index (χ3n) is 12.8. The van der Waals surface area contributed by atoms with Crippen molar-refractivity contribution in [3.63, 3.8) is 0 Å². The number of alkyl halides is 8. The van der Waals surface area contributed by atoms with E-state index < -0.39 is 148 Å². The van der Waals surface area contributed by atoms with Crippen molar-refractivity contribution in [2.75, 3.05) is 50.0 Å². The number of piperazine rings is 1. The maximum atomic E-state index is 15.6. The predicted molar refractivity (Wildman–Crippen MR) is 245 cm³/mol. The van der Waals surface area contributed by atoms with E-state index in [-0.39, 0.29) is 50.9 Å². The Morgan fingerprint density at radius 3 is 2.14 bits per heavy atom. The maximum Gasteiger partial charge on any atom is 0.435 e. The summed E-state index contributed by atoms with van der Waals surface area (Å²) in [5, 5.41) is 8.95. The van der Waals surface area contributed by atoms with Gasteiger partial charge in [0.15, 0.2) is 21.3 Å². The molecular weight excluding hydrogens is 1050 g/mol. The van der Waals surface area contributed by atoms with Gasteiger partial charge >= 0.3 is 18.4 Å². The third-order valence-corrected chi connectivity index (χ3v) is 16.0. The summed E-state index contributed by atoms with van der Waals surface area (Å²) in [5.74, 6) is -5.79. The number of fused-ring (bicyclic) bond motifs is 4. The van der Waals surface area contributed by atoms with Crippen LogP contribution in [-0.2, 0) is 56.3 Å². The van der Waals surface area contributed by atoms with Crippen LogP contribution >= 0.6 is 11.6 Å². The molecule has 1 N–H and O–H groups in total. The molecule has 73 heavy (non-hydrogen) atoms. The number of pyridine rings is 1. The van der Waals surface area contributed by atoms with E-state index in [2.05, 4.69) is 32.3 Å². The molecule has 1 unspecified atom stereocenters. The molecule has 8 rings (SSSR count). The molecule has 3 atom stereocenters. The van der Waals surface area contributed by atoms with Gasteiger partial charge in [-0.1, -0.05) is 23.6 Å². The number of amides is 3. The van der Waals surface area contributed by atoms with Crippen LogP contribution in [0, 0.1) is 29.4 Å². The average Bonchev–Trinajstić information content (AvgIpc) is 3.77. The lowest BCUT2D eigenvalue weighted by Gasteiger charge is -2.34. The largest absolute Gasteiger partial charge is 0.435 e. The molecular formula is C45H42ClF10N9O6S2. The minimum atomic E-state index is -5.21. The van der Waals surface area contributed by atoms with Gasteiger partial charge in [-0.05, 0) is 81.5 Å². The summed E-state index contributed by atoms with van der Waals surface area (Å²) >= 11 is 6.71. The molecule has 3 amide bonds. The van der Waals surface area contributed by atoms with Crippen LogP contribution in [0.3, 0.4) is 0 Å². The Labute approximate surface area is 415 Å². The van der Waals surface area contributed by atoms with Gasteiger partial charge in [0.25, 0.3) is 5.92 Å². The number of urea groups is 1. The number of hydrogen-bond donors (Lipinski definition) is 1. The highest BCUT2D eigenvalue weighted by Crippen LogP contribution is 2.68. The molecule has 2 aromatic carbocycles. The van der Waals surface area contributed by atoms with Crippen LogP contribution < -0.4 is 9.62 Å². The number of anilines is 1. The van der Waals surface area contributed by atoms with E-state index >= 15 is 8.78 Å². The number of rotatable bonds is 11. The van der Waals surface area contributed by atoms with E-state index in [1.54, 1.807) is 7.05 Å². The molecule has 5 aromatic rings. The van der Waals surface area contributed by atoms with Crippen LogP contribution in [0.2, 0.25) is 5.02 Å². The topological polar surface area (TPSA) is 173 Å². The molecule has 0 radical (unpaired) electrons. The SMILES string of the molecule is CN1CCN(C(=O)N(c2nn(CC(F)(F)F)c3c(-c4ccc(C#CC(C)(C)S(C)(=O)=O)nc4C(Cc4cc(F)cc(F)c4)NC(=O)Cn4nc(C(F)(F)F)c5c4C(F)(F)[C@@H]4C[C@H]54)ccc(Cl)c23)S(C)(=O)=O)CC1. The monoisotopic (exact) mass is 1090 g/mol. The summed E-state index contributed by atoms with van der Waals surface area (Å²) in [4.78, 5) is 35.9. The molecule has 0 bridgehead atoms. The smallest absolute Gasteiger partial charge is 0.346 e. The van der Waals surface area contributed by atoms with E-state index in [1.807, 2.05) is 4.90 Å². The zero-order valence-electron chi connectivity index (χ0n) is 38.9. The summed E-state index contributed by atoms with van der Waals surface area (Å²) < 4.78 is 199. The van der Waals surface area contributed by atoms with Gasteiger partial charge in [-0.25, -0.2) is 35.4 Å². The van der Waals surface area contributed by atoms with Crippen molar-refractivity contribution in [1.82, 2.24) is 39.7 Å². The molecule has 1 saturated heterocycles. The summed E-state index contributed by atoms with van der Waals surface area (Å²) in [7, 11) is -6.89. The first-order chi connectivity index (χ1) is 33.7. The number of nitrogens with one attached hydrogen (secondary N) is 1. The summed E-state index contributed by atoms with van der Waals surface area (Å²) in [5.41, 5.74) is -5.64. The van der Waals surface area contributed by atoms with Crippen molar-refractivity contribution in [2.45, 2.75) is 74.8 Å². The fraction of sp³-hybridized carbons (Fsp3) is 0.444. The van der Waals surface area contributed by atoms with E-state index in [0.717, 1.165) is 35.4 Å². The van der Waals surface area contributed by atoms with Crippen molar-refractivity contribution in [3.05, 3.63) is 93.0 Å². The zero-order chi connectivity index (χ0) is 53.7. The number of nitrogens with zero attached hydrogens (tertiary/aromatic N) is 8. The van der Waals surface area contributed by atoms with E-state index in [0.29, 0.717) is 30.1 Å². The highest BCUT2D eigenvalue weighted by atomic mass is 35.5. The number of sulfonamides is 1. The lowest BCUT2D eigenvalue weighted by molar-refractivity contribution is -0.143. The molecule has 2 aliphatic carbocycles. The number of hydrogen-bond acceptors (Lipinski definition) is 10. The maximum absolute atomic E-state index is 15.6. The standard InChI is InChI=1S/C45H42ClF10N9O6S2/c1-42(2,72(4,68)69)11-10-26-6-7-27(28-8-9-31(46)35-37(28)64(22-43(49,50)51)60-40(35)65(73(5,70)71)41(67)62-14-12-61(3)13-15-62)36(57-26)32(18-23-16-24(47)19-25(48)17-23)58-33(66)21-63-39-34(38(59-63)45(54,55)56)29-20-30(29)44(39,52)53/h6-9,16-17,19,29-30,32H,12-15,18,20-22H2,1-5H3,(H,58,66)/t29-,30+,32?/m0/s1. The lowest BCUT2D eigenvalue weighted by Crippen LogP contribution is -2.53. The van der Waals surface area contributed by atoms with Crippen molar-refractivity contribution in [2.24, 2.45) is 5.92 Å². The minimum absolute atomic E-state index is 0.00528. The van der Waals surface area contributed by atoms with Crippen LogP contribution in [0.25, 0.3) is 22.0 Å². The summed E-state index contributed by atoms with van der Waals surface area (Å²) in [6.45, 7) is -0.115. The fourth-order valence-electron chi connectivity index (χ4n) is 8.92. The molecule has 4 heterocycles. The quantitative estimate of drug-likeness (QED) is 0.104. The van der Waals surface area contributed by atoms with Gasteiger partial charge in [0.05, 0.1) is 33.9 Å². The van der Waals surface area contributed by atoms with Gasteiger partial charge in [0.2, 0.25) is 15.9 Å². The first kappa shape index (κ1) is 53.3. The van der Waals surface area contributed by atoms with Crippen LogP contribution in [0.4, 0.5) is 54.5 Å². The number of carbonyl (C=O) groups excluding carboxylic acids is 2. The first-order valence-corrected chi connectivity index (χ1v) is 26.1. The summed E-state index contributed by atoms with van der Waals surface area (Å²) in [6, 6.07) is 3.82. The Bertz CT molecular complexity index is 3360. The number of benzene rings is 2. The van der Waals surface area contributed by atoms with Crippen LogP contribution in [0.5, 0.6) is 0 Å². The normalized spacial score (nSPS) is 18.5. The molecule has 1 aliphatic heterocycles. The Kier molecular flexibility index (Phi) is 13.5. The van der Waals surface area contributed by atoms with E-state index in [1.165, 1.54) is 26.0 Å². The van der Waals surface area contributed by atoms with Gasteiger partial charge in [-0.15, -0.1) is 0 Å². The number of carbonyl (C=O) groups is 2. The molecule has 28 heteroatoms. The minimum Gasteiger partial charge on any atom is -0.346 e. The number of halogens is 11. The predicted octanol–water partition coefficient (Wildman–Crippen LogP) is 7.42. The van der Waals surface area contributed by atoms with E-state index in [4.69, 9.17) is 11.6 Å². The van der Waals surface area contributed by atoms with Gasteiger partial charge in [-0.2, -0.15) is 49.6 Å². The van der Waals surface area contributed by atoms with E-state index in [9.17, 15) is 61.5 Å². The van der Waals surface area contributed by atoms with Gasteiger partial charge in [0.1, 0.15) is 40.9 Å². The van der Waals surface area contributed by atoms with Crippen molar-refractivity contribution in [3.8, 4) is 23.0 Å². The fourth-order valence-corrected chi connectivity index (χ4v) is 10.2. The van der Waals surface area contributed by atoms with Crippen LogP contribution in [0.1, 0.15) is 66.1 Å².